The maximum atomic E-state index is 12.3. The first-order valence-corrected chi connectivity index (χ1v) is 8.80. The molecule has 1 aromatic heterocycles. The van der Waals surface area contributed by atoms with Crippen molar-refractivity contribution in [1.29, 1.82) is 0 Å². The Morgan fingerprint density at radius 2 is 1.96 bits per heavy atom. The van der Waals surface area contributed by atoms with Gasteiger partial charge in [-0.1, -0.05) is 23.5 Å². The first kappa shape index (κ1) is 16.4. The second-order valence-electron chi connectivity index (χ2n) is 4.99. The maximum absolute atomic E-state index is 12.3. The normalized spacial score (nSPS) is 12.0. The highest BCUT2D eigenvalue weighted by molar-refractivity contribution is 8.00. The van der Waals surface area contributed by atoms with Crippen molar-refractivity contribution in [3.05, 3.63) is 58.6 Å². The second-order valence-corrected chi connectivity index (χ2v) is 7.43. The summed E-state index contributed by atoms with van der Waals surface area (Å²) in [5, 5.41) is 13.7. The molecule has 8 heteroatoms. The van der Waals surface area contributed by atoms with E-state index in [1.54, 1.807) is 19.1 Å². The van der Waals surface area contributed by atoms with Gasteiger partial charge in [-0.15, -0.1) is 11.8 Å². The van der Waals surface area contributed by atoms with Crippen molar-refractivity contribution in [3.63, 3.8) is 0 Å². The van der Waals surface area contributed by atoms with E-state index in [9.17, 15) is 14.9 Å². The number of nitrogens with one attached hydrogen (secondary N) is 1. The number of nitro groups is 1. The minimum Gasteiger partial charge on any atom is -0.301 e. The lowest BCUT2D eigenvalue weighted by molar-refractivity contribution is -0.384. The van der Waals surface area contributed by atoms with Gasteiger partial charge in [0.25, 0.3) is 5.69 Å². The smallest absolute Gasteiger partial charge is 0.269 e. The van der Waals surface area contributed by atoms with E-state index < -0.39 is 4.92 Å². The summed E-state index contributed by atoms with van der Waals surface area (Å²) >= 11 is 2.77. The molecule has 0 spiro atoms. The van der Waals surface area contributed by atoms with Crippen LogP contribution >= 0.6 is 23.1 Å². The van der Waals surface area contributed by atoms with Crippen LogP contribution < -0.4 is 5.32 Å². The summed E-state index contributed by atoms with van der Waals surface area (Å²) in [6.07, 6.45) is 0. The highest BCUT2D eigenvalue weighted by Crippen LogP contribution is 2.28. The zero-order valence-electron chi connectivity index (χ0n) is 12.6. The molecule has 2 aromatic carbocycles. The van der Waals surface area contributed by atoms with Crippen molar-refractivity contribution in [2.24, 2.45) is 0 Å². The molecule has 0 saturated carbocycles. The number of anilines is 1. The first-order chi connectivity index (χ1) is 11.5. The second kappa shape index (κ2) is 6.98. The van der Waals surface area contributed by atoms with Crippen LogP contribution in [0.25, 0.3) is 10.2 Å². The van der Waals surface area contributed by atoms with Gasteiger partial charge in [0.05, 0.1) is 20.4 Å². The molecule has 0 fully saturated rings. The summed E-state index contributed by atoms with van der Waals surface area (Å²) in [7, 11) is 0. The van der Waals surface area contributed by atoms with E-state index in [0.29, 0.717) is 5.13 Å². The molecule has 24 heavy (non-hydrogen) atoms. The quantitative estimate of drug-likeness (QED) is 0.416. The fraction of sp³-hybridized carbons (Fsp3) is 0.125. The number of thiazole rings is 1. The molecule has 6 nitrogen and oxygen atoms in total. The number of hydrogen-bond donors (Lipinski definition) is 1. The zero-order valence-corrected chi connectivity index (χ0v) is 14.3. The molecule has 0 radical (unpaired) electrons. The molecular weight excluding hydrogens is 346 g/mol. The van der Waals surface area contributed by atoms with Gasteiger partial charge in [-0.25, -0.2) is 4.98 Å². The summed E-state index contributed by atoms with van der Waals surface area (Å²) in [4.78, 5) is 27.7. The number of hydrogen-bond acceptors (Lipinski definition) is 6. The van der Waals surface area contributed by atoms with Crippen LogP contribution in [0.4, 0.5) is 10.8 Å². The van der Waals surface area contributed by atoms with Crippen molar-refractivity contribution in [2.45, 2.75) is 17.1 Å². The summed E-state index contributed by atoms with van der Waals surface area (Å²) < 4.78 is 1.02. The lowest BCUT2D eigenvalue weighted by atomic mass is 10.3. The molecule has 0 bridgehead atoms. The van der Waals surface area contributed by atoms with Gasteiger partial charge < -0.3 is 5.32 Å². The van der Waals surface area contributed by atoms with Gasteiger partial charge in [0, 0.05) is 17.0 Å². The molecule has 3 aromatic rings. The number of rotatable bonds is 5. The minimum atomic E-state index is -0.447. The van der Waals surface area contributed by atoms with Gasteiger partial charge in [0.15, 0.2) is 5.13 Å². The van der Waals surface area contributed by atoms with Crippen LogP contribution in [0.1, 0.15) is 6.92 Å². The fourth-order valence-electron chi connectivity index (χ4n) is 2.04. The maximum Gasteiger partial charge on any atom is 0.269 e. The van der Waals surface area contributed by atoms with Gasteiger partial charge in [-0.05, 0) is 31.2 Å². The summed E-state index contributed by atoms with van der Waals surface area (Å²) in [5.74, 6) is -0.155. The molecule has 1 amide bonds. The van der Waals surface area contributed by atoms with Crippen LogP contribution in [-0.4, -0.2) is 21.1 Å². The van der Waals surface area contributed by atoms with Crippen molar-refractivity contribution in [2.75, 3.05) is 5.32 Å². The van der Waals surface area contributed by atoms with E-state index in [0.717, 1.165) is 15.1 Å². The SMILES string of the molecule is C[C@H](Sc1ccc([N+](=O)[O-])cc1)C(=O)Nc1nc2ccccc2s1. The monoisotopic (exact) mass is 359 g/mol. The molecular formula is C16H13N3O3S2. The van der Waals surface area contributed by atoms with Gasteiger partial charge in [0.2, 0.25) is 5.91 Å². The number of thioether (sulfide) groups is 1. The zero-order chi connectivity index (χ0) is 17.1. The first-order valence-electron chi connectivity index (χ1n) is 7.10. The largest absolute Gasteiger partial charge is 0.301 e. The summed E-state index contributed by atoms with van der Waals surface area (Å²) in [5.41, 5.74) is 0.888. The predicted octanol–water partition coefficient (Wildman–Crippen LogP) is 4.32. The predicted molar refractivity (Wildman–Crippen MR) is 96.7 cm³/mol. The Morgan fingerprint density at radius 1 is 1.25 bits per heavy atom. The van der Waals surface area contributed by atoms with Crippen LogP contribution in [0.2, 0.25) is 0 Å². The van der Waals surface area contributed by atoms with Gasteiger partial charge in [0.1, 0.15) is 0 Å². The van der Waals surface area contributed by atoms with E-state index in [4.69, 9.17) is 0 Å². The fourth-order valence-corrected chi connectivity index (χ4v) is 3.77. The van der Waals surface area contributed by atoms with Crippen LogP contribution in [0, 0.1) is 10.1 Å². The molecule has 3 rings (SSSR count). The Morgan fingerprint density at radius 3 is 2.62 bits per heavy atom. The average Bonchev–Trinajstić information content (AvgIpc) is 2.97. The number of aromatic nitrogens is 1. The Hall–Kier alpha value is -2.45. The third kappa shape index (κ3) is 3.72. The molecule has 0 aliphatic heterocycles. The van der Waals surface area contributed by atoms with Crippen molar-refractivity contribution in [3.8, 4) is 0 Å². The van der Waals surface area contributed by atoms with E-state index in [-0.39, 0.29) is 16.8 Å². The number of nitrogens with zero attached hydrogens (tertiary/aromatic N) is 2. The summed E-state index contributed by atoms with van der Waals surface area (Å²) in [6.45, 7) is 1.79. The van der Waals surface area contributed by atoms with Crippen molar-refractivity contribution < 1.29 is 9.72 Å². The Kier molecular flexibility index (Phi) is 4.77. The van der Waals surface area contributed by atoms with Gasteiger partial charge in [-0.2, -0.15) is 0 Å². The van der Waals surface area contributed by atoms with E-state index >= 15 is 0 Å². The number of carbonyl (C=O) groups excluding carboxylic acids is 1. The van der Waals surface area contributed by atoms with E-state index in [1.807, 2.05) is 24.3 Å². The Labute approximate surface area is 146 Å². The number of benzene rings is 2. The Bertz CT molecular complexity index is 860. The molecule has 0 saturated heterocycles. The van der Waals surface area contributed by atoms with Gasteiger partial charge >= 0.3 is 0 Å². The lowest BCUT2D eigenvalue weighted by Crippen LogP contribution is -2.22. The number of nitro benzene ring substituents is 1. The minimum absolute atomic E-state index is 0.0333. The summed E-state index contributed by atoms with van der Waals surface area (Å²) in [6, 6.07) is 13.8. The molecule has 1 heterocycles. The van der Waals surface area contributed by atoms with Crippen LogP contribution in [0.15, 0.2) is 53.4 Å². The molecule has 0 unspecified atom stereocenters. The average molecular weight is 359 g/mol. The van der Waals surface area contributed by atoms with Crippen LogP contribution in [-0.2, 0) is 4.79 Å². The van der Waals surface area contributed by atoms with Crippen molar-refractivity contribution in [1.82, 2.24) is 4.98 Å². The standard InChI is InChI=1S/C16H13N3O3S2/c1-10(23-12-8-6-11(7-9-12)19(21)22)15(20)18-16-17-13-4-2-3-5-14(13)24-16/h2-10H,1H3,(H,17,18,20)/t10-/m0/s1. The third-order valence-corrected chi connectivity index (χ3v) is 5.32. The highest BCUT2D eigenvalue weighted by atomic mass is 32.2. The van der Waals surface area contributed by atoms with E-state index in [2.05, 4.69) is 10.3 Å². The number of amides is 1. The molecule has 1 atom stereocenters. The Balaban J connectivity index is 1.64. The van der Waals surface area contributed by atoms with Crippen molar-refractivity contribution >= 4 is 50.0 Å². The third-order valence-electron chi connectivity index (χ3n) is 3.25. The molecule has 1 N–H and O–H groups in total. The molecule has 122 valence electrons. The number of fused-ring (bicyclic) bond motifs is 1. The molecule has 0 aliphatic carbocycles. The van der Waals surface area contributed by atoms with Crippen LogP contribution in [0.5, 0.6) is 0 Å². The topological polar surface area (TPSA) is 85.1 Å². The number of para-hydroxylation sites is 1. The van der Waals surface area contributed by atoms with Crippen LogP contribution in [0.3, 0.4) is 0 Å². The number of non-ortho nitro benzene ring substituents is 1. The molecule has 0 aliphatic rings. The lowest BCUT2D eigenvalue weighted by Gasteiger charge is -2.10. The number of carbonyl (C=O) groups is 1. The van der Waals surface area contributed by atoms with E-state index in [1.165, 1.54) is 35.2 Å². The van der Waals surface area contributed by atoms with Gasteiger partial charge in [-0.3, -0.25) is 14.9 Å². The highest BCUT2D eigenvalue weighted by Gasteiger charge is 2.17.